The smallest absolute Gasteiger partial charge is 0.251 e. The van der Waals surface area contributed by atoms with Crippen LogP contribution in [0.2, 0.25) is 0 Å². The number of carbonyl (C=O) groups excluding carboxylic acids is 1. The van der Waals surface area contributed by atoms with E-state index in [2.05, 4.69) is 10.6 Å². The molecule has 0 saturated carbocycles. The lowest BCUT2D eigenvalue weighted by Gasteiger charge is -2.29. The summed E-state index contributed by atoms with van der Waals surface area (Å²) in [5, 5.41) is 6.30. The van der Waals surface area contributed by atoms with Crippen molar-refractivity contribution in [3.05, 3.63) is 35.1 Å². The van der Waals surface area contributed by atoms with E-state index in [1.54, 1.807) is 19.1 Å². The lowest BCUT2D eigenvalue weighted by Crippen LogP contribution is -2.44. The minimum atomic E-state index is -0.334. The van der Waals surface area contributed by atoms with Gasteiger partial charge in [0.25, 0.3) is 5.91 Å². The lowest BCUT2D eigenvalue weighted by atomic mass is 9.92. The van der Waals surface area contributed by atoms with Crippen molar-refractivity contribution in [2.45, 2.75) is 32.7 Å². The van der Waals surface area contributed by atoms with Crippen molar-refractivity contribution in [2.24, 2.45) is 5.92 Å². The Morgan fingerprint density at radius 3 is 2.85 bits per heavy atom. The molecule has 5 heteroatoms. The Morgan fingerprint density at radius 2 is 2.25 bits per heavy atom. The van der Waals surface area contributed by atoms with Crippen LogP contribution in [0.25, 0.3) is 0 Å². The zero-order chi connectivity index (χ0) is 13.8. The molecule has 1 aromatic carbocycles. The van der Waals surface area contributed by atoms with E-state index in [0.717, 1.165) is 25.9 Å². The Hall–Kier alpha value is -1.13. The van der Waals surface area contributed by atoms with E-state index in [-0.39, 0.29) is 30.2 Å². The van der Waals surface area contributed by atoms with Crippen LogP contribution < -0.4 is 10.6 Å². The first-order valence-corrected chi connectivity index (χ1v) is 6.85. The topological polar surface area (TPSA) is 41.1 Å². The van der Waals surface area contributed by atoms with Crippen LogP contribution in [0.15, 0.2) is 18.2 Å². The van der Waals surface area contributed by atoms with E-state index < -0.39 is 0 Å². The molecule has 2 unspecified atom stereocenters. The first-order valence-electron chi connectivity index (χ1n) is 6.85. The Balaban J connectivity index is 0.00000200. The zero-order valence-electron chi connectivity index (χ0n) is 11.9. The van der Waals surface area contributed by atoms with Crippen molar-refractivity contribution in [1.82, 2.24) is 10.6 Å². The fraction of sp³-hybridized carbons (Fsp3) is 0.533. The van der Waals surface area contributed by atoms with Crippen LogP contribution in [-0.2, 0) is 0 Å². The van der Waals surface area contributed by atoms with Crippen LogP contribution in [0.3, 0.4) is 0 Å². The van der Waals surface area contributed by atoms with Gasteiger partial charge in [-0.1, -0.05) is 6.07 Å². The standard InChI is InChI=1S/C15H21FN2O.ClH/c1-10-5-6-12(8-14(10)16)15(19)18-11(2)13-4-3-7-17-9-13;/h5-6,8,11,13,17H,3-4,7,9H2,1-2H3,(H,18,19);1H. The van der Waals surface area contributed by atoms with Crippen molar-refractivity contribution in [1.29, 1.82) is 0 Å². The molecule has 20 heavy (non-hydrogen) atoms. The fourth-order valence-corrected chi connectivity index (χ4v) is 2.45. The van der Waals surface area contributed by atoms with Crippen LogP contribution >= 0.6 is 12.4 Å². The quantitative estimate of drug-likeness (QED) is 0.901. The summed E-state index contributed by atoms with van der Waals surface area (Å²) in [5.41, 5.74) is 0.944. The molecule has 2 atom stereocenters. The van der Waals surface area contributed by atoms with Gasteiger partial charge >= 0.3 is 0 Å². The normalized spacial score (nSPS) is 19.9. The number of hydrogen-bond acceptors (Lipinski definition) is 2. The van der Waals surface area contributed by atoms with Gasteiger partial charge in [0.05, 0.1) is 0 Å². The molecule has 1 amide bonds. The van der Waals surface area contributed by atoms with E-state index >= 15 is 0 Å². The maximum absolute atomic E-state index is 13.4. The summed E-state index contributed by atoms with van der Waals surface area (Å²) >= 11 is 0. The highest BCUT2D eigenvalue weighted by atomic mass is 35.5. The summed E-state index contributed by atoms with van der Waals surface area (Å²) in [6, 6.07) is 4.71. The van der Waals surface area contributed by atoms with Crippen LogP contribution in [0, 0.1) is 18.7 Å². The summed E-state index contributed by atoms with van der Waals surface area (Å²) < 4.78 is 13.4. The predicted octanol–water partition coefficient (Wildman–Crippen LogP) is 2.67. The molecule has 1 saturated heterocycles. The Labute approximate surface area is 125 Å². The maximum atomic E-state index is 13.4. The van der Waals surface area contributed by atoms with Gasteiger partial charge in [-0.3, -0.25) is 4.79 Å². The van der Waals surface area contributed by atoms with Crippen molar-refractivity contribution in [3.8, 4) is 0 Å². The van der Waals surface area contributed by atoms with Crippen molar-refractivity contribution < 1.29 is 9.18 Å². The third-order valence-corrected chi connectivity index (χ3v) is 3.83. The second-order valence-electron chi connectivity index (χ2n) is 5.33. The molecular formula is C15H22ClFN2O. The van der Waals surface area contributed by atoms with Gasteiger partial charge in [-0.2, -0.15) is 0 Å². The molecule has 1 heterocycles. The molecule has 112 valence electrons. The van der Waals surface area contributed by atoms with Gasteiger partial charge in [0, 0.05) is 11.6 Å². The number of rotatable bonds is 3. The van der Waals surface area contributed by atoms with Gasteiger partial charge in [-0.25, -0.2) is 4.39 Å². The Bertz CT molecular complexity index is 461. The largest absolute Gasteiger partial charge is 0.349 e. The van der Waals surface area contributed by atoms with Crippen molar-refractivity contribution >= 4 is 18.3 Å². The molecule has 2 rings (SSSR count). The van der Waals surface area contributed by atoms with Crippen molar-refractivity contribution in [3.63, 3.8) is 0 Å². The third-order valence-electron chi connectivity index (χ3n) is 3.83. The molecule has 1 fully saturated rings. The number of benzene rings is 1. The summed E-state index contributed by atoms with van der Waals surface area (Å²) in [6.45, 7) is 5.69. The number of piperidine rings is 1. The number of halogens is 2. The SMILES string of the molecule is Cc1ccc(C(=O)NC(C)C2CCCNC2)cc1F.Cl. The van der Waals surface area contributed by atoms with Gasteiger partial charge in [0.2, 0.25) is 0 Å². The van der Waals surface area contributed by atoms with Crippen LogP contribution in [-0.4, -0.2) is 25.0 Å². The highest BCUT2D eigenvalue weighted by Crippen LogP contribution is 2.15. The van der Waals surface area contributed by atoms with Gasteiger partial charge < -0.3 is 10.6 Å². The Kier molecular flexibility index (Phi) is 6.43. The molecule has 0 aliphatic carbocycles. The number of aryl methyl sites for hydroxylation is 1. The molecule has 0 aromatic heterocycles. The summed E-state index contributed by atoms with van der Waals surface area (Å²) in [7, 11) is 0. The molecule has 1 aliphatic heterocycles. The second kappa shape index (κ2) is 7.60. The molecule has 0 bridgehead atoms. The number of hydrogen-bond donors (Lipinski definition) is 2. The molecule has 0 spiro atoms. The van der Waals surface area contributed by atoms with E-state index in [1.807, 2.05) is 6.92 Å². The van der Waals surface area contributed by atoms with Crippen molar-refractivity contribution in [2.75, 3.05) is 13.1 Å². The first kappa shape index (κ1) is 16.9. The average Bonchev–Trinajstić information content (AvgIpc) is 2.42. The Morgan fingerprint density at radius 1 is 1.50 bits per heavy atom. The average molecular weight is 301 g/mol. The molecule has 3 nitrogen and oxygen atoms in total. The molecule has 1 aliphatic rings. The van der Waals surface area contributed by atoms with Gasteiger partial charge in [0.1, 0.15) is 5.82 Å². The van der Waals surface area contributed by atoms with Crippen LogP contribution in [0.5, 0.6) is 0 Å². The molecule has 1 aromatic rings. The molecular weight excluding hydrogens is 279 g/mol. The summed E-state index contributed by atoms with van der Waals surface area (Å²) in [5.74, 6) is -0.0791. The zero-order valence-corrected chi connectivity index (χ0v) is 12.7. The maximum Gasteiger partial charge on any atom is 0.251 e. The highest BCUT2D eigenvalue weighted by molar-refractivity contribution is 5.94. The third kappa shape index (κ3) is 4.18. The first-order chi connectivity index (χ1) is 9.08. The summed E-state index contributed by atoms with van der Waals surface area (Å²) in [6.07, 6.45) is 2.26. The van der Waals surface area contributed by atoms with E-state index in [4.69, 9.17) is 0 Å². The van der Waals surface area contributed by atoms with Crippen LogP contribution in [0.1, 0.15) is 35.7 Å². The number of carbonyl (C=O) groups is 1. The van der Waals surface area contributed by atoms with E-state index in [0.29, 0.717) is 17.0 Å². The molecule has 2 N–H and O–H groups in total. The number of amides is 1. The predicted molar refractivity (Wildman–Crippen MR) is 80.9 cm³/mol. The van der Waals surface area contributed by atoms with E-state index in [1.165, 1.54) is 6.07 Å². The van der Waals surface area contributed by atoms with Gasteiger partial charge in [0.15, 0.2) is 0 Å². The number of nitrogens with one attached hydrogen (secondary N) is 2. The second-order valence-corrected chi connectivity index (χ2v) is 5.33. The summed E-state index contributed by atoms with van der Waals surface area (Å²) in [4.78, 5) is 12.1. The van der Waals surface area contributed by atoms with Gasteiger partial charge in [-0.05, 0) is 63.4 Å². The minimum absolute atomic E-state index is 0. The van der Waals surface area contributed by atoms with Crippen LogP contribution in [0.4, 0.5) is 4.39 Å². The minimum Gasteiger partial charge on any atom is -0.349 e. The highest BCUT2D eigenvalue weighted by Gasteiger charge is 2.21. The lowest BCUT2D eigenvalue weighted by molar-refractivity contribution is 0.0921. The molecule has 0 radical (unpaired) electrons. The fourth-order valence-electron chi connectivity index (χ4n) is 2.45. The van der Waals surface area contributed by atoms with Gasteiger partial charge in [-0.15, -0.1) is 12.4 Å². The van der Waals surface area contributed by atoms with E-state index in [9.17, 15) is 9.18 Å². The monoisotopic (exact) mass is 300 g/mol.